The maximum Gasteiger partial charge on any atom is 0.340 e. The molecule has 17 heavy (non-hydrogen) atoms. The maximum atomic E-state index is 11.9. The average molecular weight is 253 g/mol. The second-order valence-corrected chi connectivity index (χ2v) is 5.16. The molecule has 1 N–H and O–H groups in total. The molecule has 0 radical (unpaired) electrons. The minimum atomic E-state index is -0.521. The highest BCUT2D eigenvalue weighted by molar-refractivity contribution is 6.35. The number of ether oxygens (including phenoxy) is 1. The van der Waals surface area contributed by atoms with E-state index in [9.17, 15) is 4.79 Å². The quantitative estimate of drug-likeness (QED) is 0.793. The number of H-pyrrole nitrogens is 1. The first-order valence-corrected chi connectivity index (χ1v) is 5.60. The van der Waals surface area contributed by atoms with Crippen molar-refractivity contribution in [3.8, 4) is 0 Å². The van der Waals surface area contributed by atoms with Crippen LogP contribution in [-0.4, -0.2) is 21.5 Å². The number of carbonyl (C=O) groups is 1. The average Bonchev–Trinajstić information content (AvgIpc) is 2.60. The van der Waals surface area contributed by atoms with Gasteiger partial charge in [-0.15, -0.1) is 0 Å². The first-order chi connectivity index (χ1) is 7.88. The topological polar surface area (TPSA) is 55.0 Å². The summed E-state index contributed by atoms with van der Waals surface area (Å²) < 4.78 is 5.30. The Bertz CT molecular complexity index is 569. The molecule has 0 saturated heterocycles. The fourth-order valence-corrected chi connectivity index (χ4v) is 1.72. The van der Waals surface area contributed by atoms with Crippen molar-refractivity contribution in [1.29, 1.82) is 0 Å². The van der Waals surface area contributed by atoms with Gasteiger partial charge in [-0.05, 0) is 20.8 Å². The van der Waals surface area contributed by atoms with Crippen LogP contribution >= 0.6 is 11.6 Å². The molecule has 4 nitrogen and oxygen atoms in total. The van der Waals surface area contributed by atoms with Crippen molar-refractivity contribution in [1.82, 2.24) is 9.97 Å². The van der Waals surface area contributed by atoms with Gasteiger partial charge in [0.1, 0.15) is 5.60 Å². The molecule has 0 spiro atoms. The van der Waals surface area contributed by atoms with Crippen LogP contribution in [0.1, 0.15) is 31.1 Å². The molecule has 0 aliphatic carbocycles. The lowest BCUT2D eigenvalue weighted by Crippen LogP contribution is -2.23. The highest BCUT2D eigenvalue weighted by Crippen LogP contribution is 2.25. The number of fused-ring (bicyclic) bond motifs is 1. The lowest BCUT2D eigenvalue weighted by molar-refractivity contribution is 0.00719. The van der Waals surface area contributed by atoms with Crippen molar-refractivity contribution in [3.63, 3.8) is 0 Å². The van der Waals surface area contributed by atoms with Crippen molar-refractivity contribution in [2.45, 2.75) is 26.4 Å². The Morgan fingerprint density at radius 1 is 1.41 bits per heavy atom. The number of nitrogens with zero attached hydrogens (tertiary/aromatic N) is 1. The van der Waals surface area contributed by atoms with Crippen LogP contribution in [0.4, 0.5) is 0 Å². The highest BCUT2D eigenvalue weighted by Gasteiger charge is 2.21. The molecule has 0 aliphatic heterocycles. The number of aromatic nitrogens is 2. The van der Waals surface area contributed by atoms with Crippen LogP contribution in [0, 0.1) is 0 Å². The third-order valence-electron chi connectivity index (χ3n) is 2.17. The molecular weight excluding hydrogens is 240 g/mol. The summed E-state index contributed by atoms with van der Waals surface area (Å²) in [7, 11) is 0. The van der Waals surface area contributed by atoms with Crippen LogP contribution in [-0.2, 0) is 4.74 Å². The van der Waals surface area contributed by atoms with Gasteiger partial charge >= 0.3 is 5.97 Å². The maximum absolute atomic E-state index is 11.9. The number of hydrogen-bond donors (Lipinski definition) is 1. The van der Waals surface area contributed by atoms with Gasteiger partial charge in [0, 0.05) is 24.0 Å². The Balaban J connectivity index is 2.43. The molecule has 0 bridgehead atoms. The molecule has 5 heteroatoms. The summed E-state index contributed by atoms with van der Waals surface area (Å²) in [4.78, 5) is 18.8. The number of esters is 1. The van der Waals surface area contributed by atoms with Crippen molar-refractivity contribution in [3.05, 3.63) is 29.2 Å². The van der Waals surface area contributed by atoms with E-state index in [-0.39, 0.29) is 5.97 Å². The number of aromatic amines is 1. The molecule has 2 rings (SSSR count). The van der Waals surface area contributed by atoms with E-state index in [0.29, 0.717) is 21.5 Å². The molecule has 90 valence electrons. The number of pyridine rings is 1. The van der Waals surface area contributed by atoms with Crippen molar-refractivity contribution in [2.24, 2.45) is 0 Å². The number of halogens is 1. The van der Waals surface area contributed by atoms with Crippen LogP contribution in [0.3, 0.4) is 0 Å². The van der Waals surface area contributed by atoms with Crippen molar-refractivity contribution >= 4 is 28.5 Å². The van der Waals surface area contributed by atoms with Crippen molar-refractivity contribution < 1.29 is 9.53 Å². The van der Waals surface area contributed by atoms with E-state index in [2.05, 4.69) is 9.97 Å². The molecule has 0 unspecified atom stereocenters. The third kappa shape index (κ3) is 2.42. The van der Waals surface area contributed by atoms with Gasteiger partial charge in [-0.3, -0.25) is 4.98 Å². The number of carbonyl (C=O) groups excluding carboxylic acids is 1. The van der Waals surface area contributed by atoms with Gasteiger partial charge in [0.05, 0.1) is 16.1 Å². The summed E-state index contributed by atoms with van der Waals surface area (Å²) in [5, 5.41) is 1.16. The number of rotatable bonds is 1. The number of hydrogen-bond acceptors (Lipinski definition) is 3. The van der Waals surface area contributed by atoms with E-state index >= 15 is 0 Å². The van der Waals surface area contributed by atoms with E-state index < -0.39 is 5.60 Å². The summed E-state index contributed by atoms with van der Waals surface area (Å²) in [6.45, 7) is 5.47. The first-order valence-electron chi connectivity index (χ1n) is 5.22. The summed E-state index contributed by atoms with van der Waals surface area (Å²) in [5.74, 6) is -0.382. The molecule has 0 atom stereocenters. The minimum Gasteiger partial charge on any atom is -0.456 e. The van der Waals surface area contributed by atoms with Gasteiger partial charge in [0.2, 0.25) is 0 Å². The molecule has 0 aliphatic rings. The number of nitrogens with one attached hydrogen (secondary N) is 1. The summed E-state index contributed by atoms with van der Waals surface area (Å²) in [6.07, 6.45) is 4.71. The van der Waals surface area contributed by atoms with Gasteiger partial charge in [-0.2, -0.15) is 0 Å². The smallest absolute Gasteiger partial charge is 0.340 e. The van der Waals surface area contributed by atoms with Crippen LogP contribution in [0.5, 0.6) is 0 Å². The Morgan fingerprint density at radius 3 is 2.76 bits per heavy atom. The molecule has 0 fully saturated rings. The highest BCUT2D eigenvalue weighted by atomic mass is 35.5. The fraction of sp³-hybridized carbons (Fsp3) is 0.333. The Kier molecular flexibility index (Phi) is 2.83. The normalized spacial score (nSPS) is 11.8. The monoisotopic (exact) mass is 252 g/mol. The summed E-state index contributed by atoms with van der Waals surface area (Å²) >= 11 is 5.96. The zero-order valence-corrected chi connectivity index (χ0v) is 10.6. The zero-order chi connectivity index (χ0) is 12.6. The molecule has 0 amide bonds. The zero-order valence-electron chi connectivity index (χ0n) is 9.87. The molecule has 2 heterocycles. The predicted octanol–water partition coefficient (Wildman–Crippen LogP) is 3.17. The molecule has 0 aromatic carbocycles. The molecule has 2 aromatic rings. The fourth-order valence-electron chi connectivity index (χ4n) is 1.51. The van der Waals surface area contributed by atoms with Gasteiger partial charge in [-0.25, -0.2) is 4.79 Å². The standard InChI is InChI=1S/C12H13ClN2O2/c1-12(2,3)17-11(16)8-5-15-10-7(8)4-14-6-9(10)13/h4-6,15H,1-3H3. The predicted molar refractivity (Wildman–Crippen MR) is 66.3 cm³/mol. The molecule has 2 aromatic heterocycles. The van der Waals surface area contributed by atoms with E-state index in [4.69, 9.17) is 16.3 Å². The van der Waals surface area contributed by atoms with Gasteiger partial charge in [0.25, 0.3) is 0 Å². The van der Waals surface area contributed by atoms with E-state index in [1.807, 2.05) is 20.8 Å². The van der Waals surface area contributed by atoms with Gasteiger partial charge < -0.3 is 9.72 Å². The van der Waals surface area contributed by atoms with E-state index in [1.165, 1.54) is 6.20 Å². The largest absolute Gasteiger partial charge is 0.456 e. The summed E-state index contributed by atoms with van der Waals surface area (Å²) in [6, 6.07) is 0. The second kappa shape index (κ2) is 4.04. The van der Waals surface area contributed by atoms with E-state index in [0.717, 1.165) is 0 Å². The Labute approximate surface area is 104 Å². The molecule has 0 saturated carbocycles. The SMILES string of the molecule is CC(C)(C)OC(=O)c1c[nH]c2c(Cl)cncc12. The lowest BCUT2D eigenvalue weighted by Gasteiger charge is -2.19. The minimum absolute atomic E-state index is 0.382. The Morgan fingerprint density at radius 2 is 2.12 bits per heavy atom. The van der Waals surface area contributed by atoms with E-state index in [1.54, 1.807) is 12.4 Å². The Hall–Kier alpha value is -1.55. The van der Waals surface area contributed by atoms with Crippen LogP contribution in [0.2, 0.25) is 5.02 Å². The lowest BCUT2D eigenvalue weighted by atomic mass is 10.2. The summed E-state index contributed by atoms with van der Waals surface area (Å²) in [5.41, 5.74) is 0.625. The van der Waals surface area contributed by atoms with Gasteiger partial charge in [0.15, 0.2) is 0 Å². The van der Waals surface area contributed by atoms with Crippen LogP contribution in [0.25, 0.3) is 10.9 Å². The van der Waals surface area contributed by atoms with Crippen LogP contribution in [0.15, 0.2) is 18.6 Å². The second-order valence-electron chi connectivity index (χ2n) is 4.75. The van der Waals surface area contributed by atoms with Crippen LogP contribution < -0.4 is 0 Å². The van der Waals surface area contributed by atoms with Crippen molar-refractivity contribution in [2.75, 3.05) is 0 Å². The van der Waals surface area contributed by atoms with Gasteiger partial charge in [-0.1, -0.05) is 11.6 Å². The third-order valence-corrected chi connectivity index (χ3v) is 2.46. The first kappa shape index (κ1) is 11.9. The molecular formula is C12H13ClN2O2.